The lowest BCUT2D eigenvalue weighted by atomic mass is 9.76. The largest absolute Gasteiger partial charge is 0.314 e. The van der Waals surface area contributed by atoms with Gasteiger partial charge in [-0.3, -0.25) is 4.90 Å². The molecule has 0 unspecified atom stereocenters. The summed E-state index contributed by atoms with van der Waals surface area (Å²) in [5.74, 6) is 1.05. The van der Waals surface area contributed by atoms with Gasteiger partial charge >= 0.3 is 0 Å². The van der Waals surface area contributed by atoms with Crippen molar-refractivity contribution in [2.24, 2.45) is 5.92 Å². The number of nitrogens with zero attached hydrogens (tertiary/aromatic N) is 1. The van der Waals surface area contributed by atoms with Crippen molar-refractivity contribution in [3.8, 4) is 0 Å². The molecule has 2 heteroatoms. The van der Waals surface area contributed by atoms with Crippen LogP contribution in [0.3, 0.4) is 0 Å². The summed E-state index contributed by atoms with van der Waals surface area (Å²) in [5.41, 5.74) is 0. The maximum absolute atomic E-state index is 3.73. The molecule has 116 valence electrons. The Bertz CT molecular complexity index is 281. The maximum atomic E-state index is 3.73. The third-order valence-electron chi connectivity index (χ3n) is 6.13. The number of hydrogen-bond acceptors (Lipinski definition) is 2. The lowest BCUT2D eigenvalue weighted by Crippen LogP contribution is -2.53. The van der Waals surface area contributed by atoms with Crippen molar-refractivity contribution < 1.29 is 0 Å². The van der Waals surface area contributed by atoms with Crippen molar-refractivity contribution >= 4 is 0 Å². The Hall–Kier alpha value is -0.0800. The van der Waals surface area contributed by atoms with Crippen LogP contribution in [-0.2, 0) is 0 Å². The molecule has 0 aromatic heterocycles. The Kier molecular flexibility index (Phi) is 5.39. The third kappa shape index (κ3) is 3.39. The summed E-state index contributed by atoms with van der Waals surface area (Å²) in [6.07, 6.45) is 16.0. The molecule has 2 atom stereocenters. The van der Waals surface area contributed by atoms with Crippen LogP contribution in [0, 0.1) is 5.92 Å². The molecule has 0 spiro atoms. The number of rotatable bonds is 4. The molecule has 1 aliphatic heterocycles. The molecule has 2 nitrogen and oxygen atoms in total. The van der Waals surface area contributed by atoms with Gasteiger partial charge in [-0.2, -0.15) is 0 Å². The van der Waals surface area contributed by atoms with E-state index in [9.17, 15) is 0 Å². The first-order valence-corrected chi connectivity index (χ1v) is 9.37. The first-order valence-electron chi connectivity index (χ1n) is 9.37. The van der Waals surface area contributed by atoms with Crippen LogP contribution in [0.4, 0.5) is 0 Å². The second kappa shape index (κ2) is 7.26. The number of piperidine rings is 1. The first kappa shape index (κ1) is 14.8. The maximum Gasteiger partial charge on any atom is 0.0126 e. The van der Waals surface area contributed by atoms with Crippen LogP contribution in [-0.4, -0.2) is 36.1 Å². The van der Waals surface area contributed by atoms with Crippen molar-refractivity contribution in [3.63, 3.8) is 0 Å². The van der Waals surface area contributed by atoms with Crippen LogP contribution >= 0.6 is 0 Å². The molecular weight excluding hydrogens is 244 g/mol. The van der Waals surface area contributed by atoms with Crippen LogP contribution in [0.5, 0.6) is 0 Å². The lowest BCUT2D eigenvalue weighted by Gasteiger charge is -2.49. The van der Waals surface area contributed by atoms with Crippen LogP contribution < -0.4 is 5.32 Å². The van der Waals surface area contributed by atoms with E-state index >= 15 is 0 Å². The van der Waals surface area contributed by atoms with E-state index in [4.69, 9.17) is 0 Å². The number of nitrogens with one attached hydrogen (secondary N) is 1. The lowest BCUT2D eigenvalue weighted by molar-refractivity contribution is 0.0102. The van der Waals surface area contributed by atoms with Gasteiger partial charge in [-0.15, -0.1) is 0 Å². The highest BCUT2D eigenvalue weighted by molar-refractivity contribution is 4.92. The Morgan fingerprint density at radius 3 is 2.45 bits per heavy atom. The molecule has 0 aromatic carbocycles. The molecule has 1 N–H and O–H groups in total. The Labute approximate surface area is 125 Å². The van der Waals surface area contributed by atoms with Gasteiger partial charge in [0.15, 0.2) is 0 Å². The van der Waals surface area contributed by atoms with Gasteiger partial charge in [0.2, 0.25) is 0 Å². The Balaban J connectivity index is 1.51. The number of hydrogen-bond donors (Lipinski definition) is 1. The number of fused-ring (bicyclic) bond motifs is 1. The molecule has 0 bridgehead atoms. The second-order valence-electron chi connectivity index (χ2n) is 7.45. The zero-order chi connectivity index (χ0) is 13.8. The minimum Gasteiger partial charge on any atom is -0.314 e. The Morgan fingerprint density at radius 2 is 1.65 bits per heavy atom. The summed E-state index contributed by atoms with van der Waals surface area (Å²) < 4.78 is 0. The van der Waals surface area contributed by atoms with Crippen LogP contribution in [0.1, 0.15) is 77.6 Å². The van der Waals surface area contributed by atoms with Crippen molar-refractivity contribution in [3.05, 3.63) is 0 Å². The molecule has 3 aliphatic rings. The minimum atomic E-state index is 0.818. The molecule has 3 rings (SSSR count). The molecule has 3 fully saturated rings. The molecule has 1 saturated heterocycles. The van der Waals surface area contributed by atoms with Gasteiger partial charge < -0.3 is 5.32 Å². The summed E-state index contributed by atoms with van der Waals surface area (Å²) >= 11 is 0. The van der Waals surface area contributed by atoms with Gasteiger partial charge in [-0.1, -0.05) is 19.8 Å². The molecule has 1 heterocycles. The highest BCUT2D eigenvalue weighted by atomic mass is 15.2. The fourth-order valence-electron chi connectivity index (χ4n) is 5.08. The molecule has 20 heavy (non-hydrogen) atoms. The van der Waals surface area contributed by atoms with Gasteiger partial charge in [0.1, 0.15) is 0 Å². The quantitative estimate of drug-likeness (QED) is 0.837. The summed E-state index contributed by atoms with van der Waals surface area (Å²) in [4.78, 5) is 2.96. The second-order valence-corrected chi connectivity index (χ2v) is 7.45. The summed E-state index contributed by atoms with van der Waals surface area (Å²) in [6, 6.07) is 2.70. The smallest absolute Gasteiger partial charge is 0.0126 e. The van der Waals surface area contributed by atoms with E-state index in [1.165, 1.54) is 83.7 Å². The fraction of sp³-hybridized carbons (Fsp3) is 1.00. The van der Waals surface area contributed by atoms with Gasteiger partial charge in [0, 0.05) is 18.1 Å². The van der Waals surface area contributed by atoms with Gasteiger partial charge in [-0.05, 0) is 76.8 Å². The van der Waals surface area contributed by atoms with Crippen molar-refractivity contribution in [2.45, 2.75) is 95.7 Å². The SMILES string of the molecule is CCCNC1CCC(N2CCC[C@H]3CCCC[C@H]32)CC1. The molecular formula is C18H34N2. The molecule has 2 aliphatic carbocycles. The highest BCUT2D eigenvalue weighted by Crippen LogP contribution is 2.38. The topological polar surface area (TPSA) is 15.3 Å². The van der Waals surface area contributed by atoms with Gasteiger partial charge in [-0.25, -0.2) is 0 Å². The molecule has 2 saturated carbocycles. The van der Waals surface area contributed by atoms with Crippen LogP contribution in [0.15, 0.2) is 0 Å². The van der Waals surface area contributed by atoms with Gasteiger partial charge in [0.25, 0.3) is 0 Å². The number of likely N-dealkylation sites (tertiary alicyclic amines) is 1. The minimum absolute atomic E-state index is 0.818. The van der Waals surface area contributed by atoms with E-state index in [0.29, 0.717) is 0 Å². The van der Waals surface area contributed by atoms with Crippen LogP contribution in [0.2, 0.25) is 0 Å². The molecule has 0 radical (unpaired) electrons. The van der Waals surface area contributed by atoms with E-state index in [1.807, 2.05) is 0 Å². The average Bonchev–Trinajstić information content (AvgIpc) is 2.53. The zero-order valence-corrected chi connectivity index (χ0v) is 13.4. The van der Waals surface area contributed by atoms with E-state index in [0.717, 1.165) is 24.0 Å². The van der Waals surface area contributed by atoms with Gasteiger partial charge in [0.05, 0.1) is 0 Å². The van der Waals surface area contributed by atoms with Crippen LogP contribution in [0.25, 0.3) is 0 Å². The summed E-state index contributed by atoms with van der Waals surface area (Å²) in [5, 5.41) is 3.73. The predicted molar refractivity (Wildman–Crippen MR) is 86.0 cm³/mol. The molecule has 0 aromatic rings. The predicted octanol–water partition coefficient (Wildman–Crippen LogP) is 3.95. The highest BCUT2D eigenvalue weighted by Gasteiger charge is 2.37. The summed E-state index contributed by atoms with van der Waals surface area (Å²) in [7, 11) is 0. The van der Waals surface area contributed by atoms with E-state index in [-0.39, 0.29) is 0 Å². The molecule has 0 amide bonds. The fourth-order valence-corrected chi connectivity index (χ4v) is 5.08. The van der Waals surface area contributed by atoms with E-state index in [1.54, 1.807) is 0 Å². The third-order valence-corrected chi connectivity index (χ3v) is 6.13. The first-order chi connectivity index (χ1) is 9.88. The average molecular weight is 278 g/mol. The van der Waals surface area contributed by atoms with Crippen molar-refractivity contribution in [1.82, 2.24) is 10.2 Å². The van der Waals surface area contributed by atoms with E-state index < -0.39 is 0 Å². The monoisotopic (exact) mass is 278 g/mol. The van der Waals surface area contributed by atoms with Crippen molar-refractivity contribution in [1.29, 1.82) is 0 Å². The Morgan fingerprint density at radius 1 is 0.900 bits per heavy atom. The standard InChI is InChI=1S/C18H34N2/c1-2-13-19-16-9-11-17(12-10-16)20-14-5-7-15-6-3-4-8-18(15)20/h15-19H,2-14H2,1H3/t15-,16?,17?,18-/m1/s1. The van der Waals surface area contributed by atoms with Crippen molar-refractivity contribution in [2.75, 3.05) is 13.1 Å². The van der Waals surface area contributed by atoms with E-state index in [2.05, 4.69) is 17.1 Å². The summed E-state index contributed by atoms with van der Waals surface area (Å²) in [6.45, 7) is 4.89. The zero-order valence-electron chi connectivity index (χ0n) is 13.4. The normalized spacial score (nSPS) is 39.5.